The molecule has 0 radical (unpaired) electrons. The quantitative estimate of drug-likeness (QED) is 0.777. The number of nitrogens with one attached hydrogen (secondary N) is 1. The van der Waals surface area contributed by atoms with Crippen LogP contribution in [-0.2, 0) is 9.47 Å². The summed E-state index contributed by atoms with van der Waals surface area (Å²) >= 11 is 0. The van der Waals surface area contributed by atoms with E-state index in [1.54, 1.807) is 7.11 Å². The van der Waals surface area contributed by atoms with Crippen molar-refractivity contribution in [3.8, 4) is 0 Å². The Hall–Kier alpha value is -0.120. The lowest BCUT2D eigenvalue weighted by atomic mass is 9.94. The van der Waals surface area contributed by atoms with Gasteiger partial charge in [0.2, 0.25) is 0 Å². The van der Waals surface area contributed by atoms with Crippen molar-refractivity contribution in [1.82, 2.24) is 5.32 Å². The first-order valence-corrected chi connectivity index (χ1v) is 5.72. The van der Waals surface area contributed by atoms with Crippen molar-refractivity contribution in [2.45, 2.75) is 64.3 Å². The van der Waals surface area contributed by atoms with Gasteiger partial charge in [-0.05, 0) is 41.0 Å². The fraction of sp³-hybridized carbons (Fsp3) is 1.00. The highest BCUT2D eigenvalue weighted by molar-refractivity contribution is 4.99. The maximum Gasteiger partial charge on any atom is 0.0787 e. The standard InChI is InChI=1S/C12H25NO2/c1-9(8-14-6)13-10-7-11(2,3)15-12(10,4)5/h9-10,13H,7-8H2,1-6H3/t9-,10-/m0/s1. The van der Waals surface area contributed by atoms with E-state index < -0.39 is 0 Å². The Labute approximate surface area is 93.5 Å². The van der Waals surface area contributed by atoms with Crippen LogP contribution in [0.3, 0.4) is 0 Å². The minimum atomic E-state index is -0.0918. The molecule has 1 aliphatic rings. The number of hydrogen-bond donors (Lipinski definition) is 1. The van der Waals surface area contributed by atoms with Crippen LogP contribution in [0.5, 0.6) is 0 Å². The highest BCUT2D eigenvalue weighted by atomic mass is 16.5. The molecular weight excluding hydrogens is 190 g/mol. The lowest BCUT2D eigenvalue weighted by Gasteiger charge is -2.29. The zero-order valence-electron chi connectivity index (χ0n) is 10.9. The highest BCUT2D eigenvalue weighted by Gasteiger charge is 2.45. The normalized spacial score (nSPS) is 30.4. The summed E-state index contributed by atoms with van der Waals surface area (Å²) in [5.74, 6) is 0. The van der Waals surface area contributed by atoms with Crippen LogP contribution in [0.1, 0.15) is 41.0 Å². The molecule has 0 aromatic rings. The zero-order chi connectivity index (χ0) is 11.7. The number of hydrogen-bond acceptors (Lipinski definition) is 3. The van der Waals surface area contributed by atoms with Gasteiger partial charge in [-0.3, -0.25) is 0 Å². The molecule has 1 N–H and O–H groups in total. The molecule has 1 saturated heterocycles. The topological polar surface area (TPSA) is 30.5 Å². The van der Waals surface area contributed by atoms with Crippen molar-refractivity contribution >= 4 is 0 Å². The molecule has 90 valence electrons. The van der Waals surface area contributed by atoms with Crippen LogP contribution in [-0.4, -0.2) is 37.0 Å². The maximum absolute atomic E-state index is 6.02. The average molecular weight is 215 g/mol. The molecule has 1 heterocycles. The van der Waals surface area contributed by atoms with E-state index in [0.29, 0.717) is 12.1 Å². The Balaban J connectivity index is 2.55. The van der Waals surface area contributed by atoms with Gasteiger partial charge in [0.1, 0.15) is 0 Å². The highest BCUT2D eigenvalue weighted by Crippen LogP contribution is 2.37. The van der Waals surface area contributed by atoms with Gasteiger partial charge in [0.15, 0.2) is 0 Å². The first-order valence-electron chi connectivity index (χ1n) is 5.72. The minimum absolute atomic E-state index is 0.0199. The Bertz CT molecular complexity index is 214. The van der Waals surface area contributed by atoms with E-state index in [-0.39, 0.29) is 11.2 Å². The summed E-state index contributed by atoms with van der Waals surface area (Å²) in [6, 6.07) is 0.773. The van der Waals surface area contributed by atoms with Crippen LogP contribution in [0.25, 0.3) is 0 Å². The first kappa shape index (κ1) is 12.9. The van der Waals surface area contributed by atoms with Gasteiger partial charge in [-0.25, -0.2) is 0 Å². The lowest BCUT2D eigenvalue weighted by molar-refractivity contribution is -0.0707. The van der Waals surface area contributed by atoms with Crippen LogP contribution < -0.4 is 5.32 Å². The van der Waals surface area contributed by atoms with Crippen molar-refractivity contribution in [2.75, 3.05) is 13.7 Å². The molecule has 2 atom stereocenters. The third-order valence-electron chi connectivity index (χ3n) is 2.98. The number of methoxy groups -OCH3 is 1. The molecule has 0 aromatic heterocycles. The molecule has 0 aliphatic carbocycles. The van der Waals surface area contributed by atoms with E-state index in [1.165, 1.54) is 0 Å². The third kappa shape index (κ3) is 3.44. The van der Waals surface area contributed by atoms with Gasteiger partial charge in [0, 0.05) is 19.2 Å². The predicted molar refractivity (Wildman–Crippen MR) is 62.1 cm³/mol. The van der Waals surface area contributed by atoms with Crippen LogP contribution in [0.2, 0.25) is 0 Å². The second kappa shape index (κ2) is 4.40. The fourth-order valence-corrected chi connectivity index (χ4v) is 2.46. The summed E-state index contributed by atoms with van der Waals surface area (Å²) < 4.78 is 11.2. The monoisotopic (exact) mass is 215 g/mol. The largest absolute Gasteiger partial charge is 0.383 e. The summed E-state index contributed by atoms with van der Waals surface area (Å²) in [4.78, 5) is 0. The minimum Gasteiger partial charge on any atom is -0.383 e. The Kier molecular flexibility index (Phi) is 3.80. The van der Waals surface area contributed by atoms with E-state index in [1.807, 2.05) is 0 Å². The van der Waals surface area contributed by atoms with Crippen LogP contribution >= 0.6 is 0 Å². The van der Waals surface area contributed by atoms with E-state index in [9.17, 15) is 0 Å². The van der Waals surface area contributed by atoms with Crippen molar-refractivity contribution in [1.29, 1.82) is 0 Å². The Morgan fingerprint density at radius 2 is 2.00 bits per heavy atom. The molecule has 0 saturated carbocycles. The molecule has 3 nitrogen and oxygen atoms in total. The first-order chi connectivity index (χ1) is 6.77. The molecule has 3 heteroatoms. The third-order valence-corrected chi connectivity index (χ3v) is 2.98. The van der Waals surface area contributed by atoms with Gasteiger partial charge in [-0.1, -0.05) is 0 Å². The van der Waals surface area contributed by atoms with E-state index in [2.05, 4.69) is 39.9 Å². The summed E-state index contributed by atoms with van der Waals surface area (Å²) in [5, 5.41) is 3.58. The van der Waals surface area contributed by atoms with Crippen molar-refractivity contribution in [2.24, 2.45) is 0 Å². The van der Waals surface area contributed by atoms with Gasteiger partial charge in [-0.2, -0.15) is 0 Å². The Morgan fingerprint density at radius 3 is 2.40 bits per heavy atom. The predicted octanol–water partition coefficient (Wildman–Crippen LogP) is 1.96. The van der Waals surface area contributed by atoms with Gasteiger partial charge in [-0.15, -0.1) is 0 Å². The summed E-state index contributed by atoms with van der Waals surface area (Å²) in [6.45, 7) is 11.5. The Morgan fingerprint density at radius 1 is 1.40 bits per heavy atom. The second-order valence-corrected chi connectivity index (χ2v) is 5.74. The maximum atomic E-state index is 6.02. The molecule has 1 rings (SSSR count). The van der Waals surface area contributed by atoms with Crippen LogP contribution in [0.4, 0.5) is 0 Å². The van der Waals surface area contributed by atoms with E-state index in [4.69, 9.17) is 9.47 Å². The molecule has 1 aliphatic heterocycles. The summed E-state index contributed by atoms with van der Waals surface area (Å²) in [6.07, 6.45) is 1.05. The van der Waals surface area contributed by atoms with Crippen molar-refractivity contribution in [3.05, 3.63) is 0 Å². The van der Waals surface area contributed by atoms with Crippen molar-refractivity contribution in [3.63, 3.8) is 0 Å². The zero-order valence-corrected chi connectivity index (χ0v) is 10.9. The van der Waals surface area contributed by atoms with E-state index in [0.717, 1.165) is 13.0 Å². The van der Waals surface area contributed by atoms with E-state index >= 15 is 0 Å². The molecule has 1 fully saturated rings. The molecule has 15 heavy (non-hydrogen) atoms. The van der Waals surface area contributed by atoms with Gasteiger partial charge >= 0.3 is 0 Å². The lowest BCUT2D eigenvalue weighted by Crippen LogP contribution is -2.48. The summed E-state index contributed by atoms with van der Waals surface area (Å²) in [7, 11) is 1.73. The SMILES string of the molecule is COC[C@H](C)N[C@H]1CC(C)(C)OC1(C)C. The van der Waals surface area contributed by atoms with Crippen LogP contribution in [0, 0.1) is 0 Å². The molecular formula is C12H25NO2. The van der Waals surface area contributed by atoms with Crippen LogP contribution in [0.15, 0.2) is 0 Å². The molecule has 0 amide bonds. The number of rotatable bonds is 4. The molecule has 0 aromatic carbocycles. The molecule has 0 unspecified atom stereocenters. The van der Waals surface area contributed by atoms with Gasteiger partial charge < -0.3 is 14.8 Å². The second-order valence-electron chi connectivity index (χ2n) is 5.74. The fourth-order valence-electron chi connectivity index (χ4n) is 2.46. The smallest absolute Gasteiger partial charge is 0.0787 e. The van der Waals surface area contributed by atoms with Gasteiger partial charge in [0.05, 0.1) is 17.8 Å². The van der Waals surface area contributed by atoms with Gasteiger partial charge in [0.25, 0.3) is 0 Å². The average Bonchev–Trinajstić information content (AvgIpc) is 2.19. The number of ether oxygens (including phenoxy) is 2. The summed E-state index contributed by atoms with van der Waals surface area (Å²) in [5.41, 5.74) is -0.112. The van der Waals surface area contributed by atoms with Crippen molar-refractivity contribution < 1.29 is 9.47 Å². The molecule has 0 spiro atoms. The molecule has 0 bridgehead atoms.